The van der Waals surface area contributed by atoms with E-state index in [1.165, 1.54) is 16.9 Å². The third-order valence-corrected chi connectivity index (χ3v) is 4.55. The van der Waals surface area contributed by atoms with Crippen LogP contribution in [0.15, 0.2) is 48.5 Å². The second kappa shape index (κ2) is 4.99. The highest BCUT2D eigenvalue weighted by atomic mass is 16.5. The molecule has 108 valence electrons. The standard InChI is InChI=1S/C18H20N2O/c1-13-10-19-16-7-3-4-8-17(16)20(13)11-14-12-21-18-9-5-2-6-15(14)18/h2-9,13-14,19H,10-12H2,1H3. The van der Waals surface area contributed by atoms with Crippen molar-refractivity contribution in [1.29, 1.82) is 0 Å². The van der Waals surface area contributed by atoms with E-state index < -0.39 is 0 Å². The van der Waals surface area contributed by atoms with Crippen LogP contribution < -0.4 is 15.0 Å². The summed E-state index contributed by atoms with van der Waals surface area (Å²) in [7, 11) is 0. The molecule has 4 rings (SSSR count). The zero-order chi connectivity index (χ0) is 14.2. The number of anilines is 2. The van der Waals surface area contributed by atoms with Gasteiger partial charge in [-0.3, -0.25) is 0 Å². The number of ether oxygens (including phenoxy) is 1. The van der Waals surface area contributed by atoms with Crippen LogP contribution in [0.2, 0.25) is 0 Å². The van der Waals surface area contributed by atoms with Crippen LogP contribution in [0.3, 0.4) is 0 Å². The minimum Gasteiger partial charge on any atom is -0.493 e. The molecule has 1 N–H and O–H groups in total. The molecular formula is C18H20N2O. The van der Waals surface area contributed by atoms with Gasteiger partial charge < -0.3 is 15.0 Å². The molecule has 0 saturated carbocycles. The maximum Gasteiger partial charge on any atom is 0.122 e. The lowest BCUT2D eigenvalue weighted by molar-refractivity contribution is 0.329. The van der Waals surface area contributed by atoms with Gasteiger partial charge in [-0.1, -0.05) is 30.3 Å². The van der Waals surface area contributed by atoms with Gasteiger partial charge in [-0.05, 0) is 25.1 Å². The largest absolute Gasteiger partial charge is 0.493 e. The summed E-state index contributed by atoms with van der Waals surface area (Å²) in [5.74, 6) is 1.51. The zero-order valence-corrected chi connectivity index (χ0v) is 12.3. The first kappa shape index (κ1) is 12.6. The van der Waals surface area contributed by atoms with Crippen molar-refractivity contribution >= 4 is 11.4 Å². The highest BCUT2D eigenvalue weighted by Crippen LogP contribution is 2.37. The third kappa shape index (κ3) is 2.13. The number of hydrogen-bond donors (Lipinski definition) is 1. The summed E-state index contributed by atoms with van der Waals surface area (Å²) in [6.45, 7) is 5.08. The Morgan fingerprint density at radius 3 is 2.90 bits per heavy atom. The minimum absolute atomic E-state index is 0.454. The highest BCUT2D eigenvalue weighted by molar-refractivity contribution is 5.72. The molecule has 0 aromatic heterocycles. The Bertz CT molecular complexity index is 655. The number of para-hydroxylation sites is 3. The highest BCUT2D eigenvalue weighted by Gasteiger charge is 2.30. The molecule has 2 aromatic carbocycles. The Kier molecular flexibility index (Phi) is 2.99. The Balaban J connectivity index is 1.63. The summed E-state index contributed by atoms with van der Waals surface area (Å²) in [5, 5.41) is 3.51. The van der Waals surface area contributed by atoms with E-state index in [9.17, 15) is 0 Å². The van der Waals surface area contributed by atoms with Crippen LogP contribution in [0, 0.1) is 0 Å². The van der Waals surface area contributed by atoms with Gasteiger partial charge in [0.1, 0.15) is 5.75 Å². The summed E-state index contributed by atoms with van der Waals surface area (Å²) in [6.07, 6.45) is 0. The first-order valence-electron chi connectivity index (χ1n) is 7.64. The van der Waals surface area contributed by atoms with Crippen molar-refractivity contribution in [2.45, 2.75) is 18.9 Å². The van der Waals surface area contributed by atoms with Crippen LogP contribution in [0.25, 0.3) is 0 Å². The van der Waals surface area contributed by atoms with Gasteiger partial charge in [0, 0.05) is 30.6 Å². The Morgan fingerprint density at radius 2 is 1.95 bits per heavy atom. The van der Waals surface area contributed by atoms with Crippen LogP contribution in [0.4, 0.5) is 11.4 Å². The van der Waals surface area contributed by atoms with Gasteiger partial charge in [-0.25, -0.2) is 0 Å². The number of benzene rings is 2. The molecule has 2 atom stereocenters. The average molecular weight is 280 g/mol. The molecular weight excluding hydrogens is 260 g/mol. The van der Waals surface area contributed by atoms with E-state index in [0.29, 0.717) is 12.0 Å². The number of hydrogen-bond acceptors (Lipinski definition) is 3. The lowest BCUT2D eigenvalue weighted by Crippen LogP contribution is -2.44. The molecule has 2 aromatic rings. The SMILES string of the molecule is CC1CNc2ccccc2N1CC1COc2ccccc21. The first-order valence-corrected chi connectivity index (χ1v) is 7.64. The van der Waals surface area contributed by atoms with Gasteiger partial charge in [-0.2, -0.15) is 0 Å². The normalized spacial score (nSPS) is 23.0. The number of nitrogens with zero attached hydrogens (tertiary/aromatic N) is 1. The molecule has 2 heterocycles. The number of fused-ring (bicyclic) bond motifs is 2. The maximum absolute atomic E-state index is 5.83. The third-order valence-electron chi connectivity index (χ3n) is 4.55. The van der Waals surface area contributed by atoms with Crippen LogP contribution in [-0.4, -0.2) is 25.7 Å². The van der Waals surface area contributed by atoms with Gasteiger partial charge >= 0.3 is 0 Å². The molecule has 21 heavy (non-hydrogen) atoms. The van der Waals surface area contributed by atoms with Gasteiger partial charge in [0.25, 0.3) is 0 Å². The summed E-state index contributed by atoms with van der Waals surface area (Å²) < 4.78 is 5.83. The molecule has 0 amide bonds. The topological polar surface area (TPSA) is 24.5 Å². The molecule has 0 saturated heterocycles. The number of rotatable bonds is 2. The molecule has 3 nitrogen and oxygen atoms in total. The molecule has 0 bridgehead atoms. The lowest BCUT2D eigenvalue weighted by Gasteiger charge is -2.39. The van der Waals surface area contributed by atoms with Crippen molar-refractivity contribution < 1.29 is 4.74 Å². The molecule has 0 fully saturated rings. The van der Waals surface area contributed by atoms with E-state index in [4.69, 9.17) is 4.74 Å². The van der Waals surface area contributed by atoms with Gasteiger partial charge in [0.15, 0.2) is 0 Å². The van der Waals surface area contributed by atoms with Gasteiger partial charge in [0.05, 0.1) is 18.0 Å². The molecule has 0 radical (unpaired) electrons. The van der Waals surface area contributed by atoms with E-state index >= 15 is 0 Å². The Labute approximate surface area is 125 Å². The molecule has 0 aliphatic carbocycles. The van der Waals surface area contributed by atoms with Crippen molar-refractivity contribution in [2.75, 3.05) is 29.9 Å². The van der Waals surface area contributed by atoms with Crippen LogP contribution in [-0.2, 0) is 0 Å². The Hall–Kier alpha value is -2.16. The monoisotopic (exact) mass is 280 g/mol. The average Bonchev–Trinajstić information content (AvgIpc) is 2.93. The minimum atomic E-state index is 0.454. The molecule has 3 heteroatoms. The van der Waals surface area contributed by atoms with Gasteiger partial charge in [0.2, 0.25) is 0 Å². The summed E-state index contributed by atoms with van der Waals surface area (Å²) >= 11 is 0. The summed E-state index contributed by atoms with van der Waals surface area (Å²) in [5.41, 5.74) is 3.89. The zero-order valence-electron chi connectivity index (χ0n) is 12.3. The lowest BCUT2D eigenvalue weighted by atomic mass is 9.98. The van der Waals surface area contributed by atoms with Crippen LogP contribution >= 0.6 is 0 Å². The van der Waals surface area contributed by atoms with Crippen LogP contribution in [0.5, 0.6) is 5.75 Å². The van der Waals surface area contributed by atoms with Gasteiger partial charge in [-0.15, -0.1) is 0 Å². The van der Waals surface area contributed by atoms with E-state index in [-0.39, 0.29) is 0 Å². The molecule has 2 aliphatic heterocycles. The quantitative estimate of drug-likeness (QED) is 0.911. The summed E-state index contributed by atoms with van der Waals surface area (Å²) in [4.78, 5) is 2.52. The maximum atomic E-state index is 5.83. The fraction of sp³-hybridized carbons (Fsp3) is 0.333. The van der Waals surface area contributed by atoms with Crippen molar-refractivity contribution in [3.63, 3.8) is 0 Å². The predicted molar refractivity (Wildman–Crippen MR) is 86.4 cm³/mol. The second-order valence-electron chi connectivity index (χ2n) is 5.95. The van der Waals surface area contributed by atoms with Crippen LogP contribution in [0.1, 0.15) is 18.4 Å². The molecule has 2 aliphatic rings. The van der Waals surface area contributed by atoms with Crippen molar-refractivity contribution in [3.05, 3.63) is 54.1 Å². The predicted octanol–water partition coefficient (Wildman–Crippen LogP) is 3.48. The Morgan fingerprint density at radius 1 is 1.14 bits per heavy atom. The van der Waals surface area contributed by atoms with Crippen molar-refractivity contribution in [1.82, 2.24) is 0 Å². The smallest absolute Gasteiger partial charge is 0.122 e. The fourth-order valence-corrected chi connectivity index (χ4v) is 3.38. The van der Waals surface area contributed by atoms with E-state index in [1.54, 1.807) is 0 Å². The molecule has 0 spiro atoms. The molecule has 2 unspecified atom stereocenters. The van der Waals surface area contributed by atoms with E-state index in [0.717, 1.165) is 25.4 Å². The van der Waals surface area contributed by atoms with E-state index in [2.05, 4.69) is 59.6 Å². The van der Waals surface area contributed by atoms with E-state index in [1.807, 2.05) is 6.07 Å². The van der Waals surface area contributed by atoms with Crippen molar-refractivity contribution in [3.8, 4) is 5.75 Å². The first-order chi connectivity index (χ1) is 10.3. The second-order valence-corrected chi connectivity index (χ2v) is 5.95. The fourth-order valence-electron chi connectivity index (χ4n) is 3.38. The summed E-state index contributed by atoms with van der Waals surface area (Å²) in [6, 6.07) is 17.5. The number of nitrogens with one attached hydrogen (secondary N) is 1. The van der Waals surface area contributed by atoms with Crippen molar-refractivity contribution in [2.24, 2.45) is 0 Å².